The molecule has 1 aromatic rings. The molecule has 0 bridgehead atoms. The third-order valence-electron chi connectivity index (χ3n) is 2.78. The van der Waals surface area contributed by atoms with Crippen molar-refractivity contribution < 1.29 is 0 Å². The number of pyridine rings is 1. The van der Waals surface area contributed by atoms with Crippen molar-refractivity contribution in [2.45, 2.75) is 19.8 Å². The number of hydrogen-bond acceptors (Lipinski definition) is 3. The van der Waals surface area contributed by atoms with Crippen LogP contribution in [0.5, 0.6) is 0 Å². The summed E-state index contributed by atoms with van der Waals surface area (Å²) in [7, 11) is 4.17. The van der Waals surface area contributed by atoms with Crippen LogP contribution in [0.1, 0.15) is 19.0 Å². The van der Waals surface area contributed by atoms with Gasteiger partial charge in [-0.25, -0.2) is 0 Å². The summed E-state index contributed by atoms with van der Waals surface area (Å²) in [6, 6.07) is 6.00. The molecule has 0 amide bonds. The summed E-state index contributed by atoms with van der Waals surface area (Å²) in [6.45, 7) is 5.71. The highest BCUT2D eigenvalue weighted by Crippen LogP contribution is 1.93. The molecular formula is C15H28IN5. The van der Waals surface area contributed by atoms with Crippen molar-refractivity contribution in [1.29, 1.82) is 0 Å². The number of aromatic nitrogens is 1. The van der Waals surface area contributed by atoms with Gasteiger partial charge in [0.2, 0.25) is 0 Å². The van der Waals surface area contributed by atoms with E-state index < -0.39 is 0 Å². The molecule has 0 aliphatic carbocycles. The summed E-state index contributed by atoms with van der Waals surface area (Å²) >= 11 is 0. The standard InChI is InChI=1S/C15H27N5.HI/c1-4-16-15(18-11-7-13-20(2)3)19-12-9-14-8-5-6-10-17-14;/h5-6,8,10H,4,7,9,11-13H2,1-3H3,(H2,16,18,19);1H. The Morgan fingerprint density at radius 1 is 1.29 bits per heavy atom. The second-order valence-corrected chi connectivity index (χ2v) is 4.92. The zero-order valence-electron chi connectivity index (χ0n) is 13.3. The third-order valence-corrected chi connectivity index (χ3v) is 2.78. The summed E-state index contributed by atoms with van der Waals surface area (Å²) < 4.78 is 0. The van der Waals surface area contributed by atoms with Crippen LogP contribution >= 0.6 is 24.0 Å². The molecule has 2 N–H and O–H groups in total. The Balaban J connectivity index is 0.00000400. The maximum Gasteiger partial charge on any atom is 0.191 e. The molecule has 0 unspecified atom stereocenters. The van der Waals surface area contributed by atoms with Gasteiger partial charge in [0.05, 0.1) is 0 Å². The molecule has 0 aliphatic heterocycles. The molecule has 5 nitrogen and oxygen atoms in total. The van der Waals surface area contributed by atoms with Crippen LogP contribution in [-0.2, 0) is 6.42 Å². The number of aliphatic imine (C=N–C) groups is 1. The summed E-state index contributed by atoms with van der Waals surface area (Å²) in [5, 5.41) is 6.60. The van der Waals surface area contributed by atoms with E-state index in [1.165, 1.54) is 0 Å². The Hall–Kier alpha value is -0.890. The van der Waals surface area contributed by atoms with Crippen LogP contribution in [0, 0.1) is 0 Å². The van der Waals surface area contributed by atoms with E-state index >= 15 is 0 Å². The fourth-order valence-corrected chi connectivity index (χ4v) is 1.77. The van der Waals surface area contributed by atoms with Crippen molar-refractivity contribution in [3.8, 4) is 0 Å². The first-order chi connectivity index (χ1) is 9.72. The smallest absolute Gasteiger partial charge is 0.191 e. The van der Waals surface area contributed by atoms with Gasteiger partial charge < -0.3 is 15.5 Å². The van der Waals surface area contributed by atoms with Crippen molar-refractivity contribution in [2.75, 3.05) is 40.3 Å². The van der Waals surface area contributed by atoms with Crippen molar-refractivity contribution in [2.24, 2.45) is 4.99 Å². The number of guanidine groups is 1. The van der Waals surface area contributed by atoms with Crippen molar-refractivity contribution in [3.05, 3.63) is 30.1 Å². The zero-order valence-corrected chi connectivity index (χ0v) is 15.6. The number of rotatable bonds is 8. The minimum absolute atomic E-state index is 0. The normalized spacial score (nSPS) is 11.1. The first-order valence-corrected chi connectivity index (χ1v) is 7.29. The lowest BCUT2D eigenvalue weighted by Crippen LogP contribution is -2.38. The minimum Gasteiger partial charge on any atom is -0.357 e. The predicted octanol–water partition coefficient (Wildman–Crippen LogP) is 1.75. The lowest BCUT2D eigenvalue weighted by molar-refractivity contribution is 0.403. The Labute approximate surface area is 145 Å². The third kappa shape index (κ3) is 10.5. The maximum atomic E-state index is 4.56. The van der Waals surface area contributed by atoms with E-state index in [-0.39, 0.29) is 24.0 Å². The van der Waals surface area contributed by atoms with Crippen LogP contribution in [0.2, 0.25) is 0 Å². The van der Waals surface area contributed by atoms with E-state index in [4.69, 9.17) is 0 Å². The Morgan fingerprint density at radius 3 is 2.71 bits per heavy atom. The van der Waals surface area contributed by atoms with Gasteiger partial charge in [0.1, 0.15) is 0 Å². The number of nitrogens with zero attached hydrogens (tertiary/aromatic N) is 3. The van der Waals surface area contributed by atoms with Gasteiger partial charge in [0.25, 0.3) is 0 Å². The van der Waals surface area contributed by atoms with Crippen LogP contribution in [-0.4, -0.2) is 56.1 Å². The highest BCUT2D eigenvalue weighted by atomic mass is 127. The average Bonchev–Trinajstić information content (AvgIpc) is 2.44. The first kappa shape index (κ1) is 20.1. The molecule has 1 aromatic heterocycles. The lowest BCUT2D eigenvalue weighted by Gasteiger charge is -2.12. The van der Waals surface area contributed by atoms with Gasteiger partial charge in [-0.15, -0.1) is 24.0 Å². The summed E-state index contributed by atoms with van der Waals surface area (Å²) in [5.41, 5.74) is 1.10. The molecule has 1 rings (SSSR count). The van der Waals surface area contributed by atoms with Crippen molar-refractivity contribution in [3.63, 3.8) is 0 Å². The fraction of sp³-hybridized carbons (Fsp3) is 0.600. The Morgan fingerprint density at radius 2 is 2.10 bits per heavy atom. The summed E-state index contributed by atoms with van der Waals surface area (Å²) in [6.07, 6.45) is 3.81. The molecule has 120 valence electrons. The molecule has 0 atom stereocenters. The zero-order chi connectivity index (χ0) is 14.6. The topological polar surface area (TPSA) is 52.6 Å². The molecule has 21 heavy (non-hydrogen) atoms. The summed E-state index contributed by atoms with van der Waals surface area (Å²) in [4.78, 5) is 11.1. The monoisotopic (exact) mass is 405 g/mol. The van der Waals surface area contributed by atoms with Gasteiger partial charge in [-0.1, -0.05) is 6.07 Å². The van der Waals surface area contributed by atoms with E-state index in [0.29, 0.717) is 0 Å². The van der Waals surface area contributed by atoms with Gasteiger partial charge in [0.15, 0.2) is 5.96 Å². The van der Waals surface area contributed by atoms with Gasteiger partial charge in [-0.2, -0.15) is 0 Å². The average molecular weight is 405 g/mol. The second-order valence-electron chi connectivity index (χ2n) is 4.92. The molecular weight excluding hydrogens is 377 g/mol. The van der Waals surface area contributed by atoms with E-state index in [1.54, 1.807) is 0 Å². The number of halogens is 1. The van der Waals surface area contributed by atoms with Crippen LogP contribution < -0.4 is 10.6 Å². The molecule has 0 saturated carbocycles. The molecule has 0 aliphatic rings. The van der Waals surface area contributed by atoms with Crippen molar-refractivity contribution >= 4 is 29.9 Å². The van der Waals surface area contributed by atoms with Crippen LogP contribution in [0.25, 0.3) is 0 Å². The minimum atomic E-state index is 0. The fourth-order valence-electron chi connectivity index (χ4n) is 1.77. The molecule has 0 saturated heterocycles. The van der Waals surface area contributed by atoms with Crippen LogP contribution in [0.3, 0.4) is 0 Å². The van der Waals surface area contributed by atoms with Gasteiger partial charge >= 0.3 is 0 Å². The van der Waals surface area contributed by atoms with E-state index in [1.807, 2.05) is 24.4 Å². The predicted molar refractivity (Wildman–Crippen MR) is 101 cm³/mol. The molecule has 0 aromatic carbocycles. The molecule has 0 radical (unpaired) electrons. The van der Waals surface area contributed by atoms with Gasteiger partial charge in [-0.05, 0) is 46.1 Å². The maximum absolute atomic E-state index is 4.56. The van der Waals surface area contributed by atoms with Crippen LogP contribution in [0.4, 0.5) is 0 Å². The highest BCUT2D eigenvalue weighted by Gasteiger charge is 1.98. The quantitative estimate of drug-likeness (QED) is 0.300. The van der Waals surface area contributed by atoms with E-state index in [0.717, 1.165) is 50.7 Å². The number of nitrogens with one attached hydrogen (secondary N) is 2. The molecule has 0 fully saturated rings. The van der Waals surface area contributed by atoms with Gasteiger partial charge in [0, 0.05) is 37.9 Å². The van der Waals surface area contributed by atoms with E-state index in [2.05, 4.69) is 46.5 Å². The second kappa shape index (κ2) is 12.8. The summed E-state index contributed by atoms with van der Waals surface area (Å²) in [5.74, 6) is 0.891. The van der Waals surface area contributed by atoms with Crippen molar-refractivity contribution in [1.82, 2.24) is 20.5 Å². The first-order valence-electron chi connectivity index (χ1n) is 7.29. The Kier molecular flexibility index (Phi) is 12.3. The molecule has 6 heteroatoms. The molecule has 0 spiro atoms. The lowest BCUT2D eigenvalue weighted by atomic mass is 10.3. The Bertz CT molecular complexity index is 381. The highest BCUT2D eigenvalue weighted by molar-refractivity contribution is 14.0. The molecule has 1 heterocycles. The number of hydrogen-bond donors (Lipinski definition) is 2. The van der Waals surface area contributed by atoms with Crippen LogP contribution in [0.15, 0.2) is 29.4 Å². The van der Waals surface area contributed by atoms with Gasteiger partial charge in [-0.3, -0.25) is 9.98 Å². The largest absolute Gasteiger partial charge is 0.357 e. The SMILES string of the molecule is CCNC(=NCCCN(C)C)NCCc1ccccn1.I. The van der Waals surface area contributed by atoms with E-state index in [9.17, 15) is 0 Å².